The van der Waals surface area contributed by atoms with Crippen LogP contribution >= 0.6 is 0 Å². The quantitative estimate of drug-likeness (QED) is 0.389. The Morgan fingerprint density at radius 2 is 1.62 bits per heavy atom. The highest BCUT2D eigenvalue weighted by molar-refractivity contribution is 7.89. The molecule has 1 saturated heterocycles. The molecule has 0 radical (unpaired) electrons. The number of aliphatic carboxylic acids is 1. The third kappa shape index (κ3) is 7.06. The normalized spacial score (nSPS) is 14.2. The molecular weight excluding hydrogens is 522 g/mol. The lowest BCUT2D eigenvalue weighted by atomic mass is 10.1. The van der Waals surface area contributed by atoms with Gasteiger partial charge in [-0.05, 0) is 62.4 Å². The predicted octanol–water partition coefficient (Wildman–Crippen LogP) is 3.70. The molecule has 39 heavy (non-hydrogen) atoms. The number of carboxylic acid groups (broad SMARTS) is 1. The molecule has 0 unspecified atom stereocenters. The van der Waals surface area contributed by atoms with Crippen LogP contribution in [0.15, 0.2) is 77.7 Å². The fourth-order valence-electron chi connectivity index (χ4n) is 4.17. The van der Waals surface area contributed by atoms with E-state index in [1.807, 2.05) is 24.8 Å². The maximum atomic E-state index is 13.2. The van der Waals surface area contributed by atoms with Crippen LogP contribution in [0.2, 0.25) is 0 Å². The van der Waals surface area contributed by atoms with Gasteiger partial charge in [0.15, 0.2) is 6.61 Å². The van der Waals surface area contributed by atoms with Crippen molar-refractivity contribution in [2.75, 3.05) is 43.0 Å². The molecule has 0 saturated carbocycles. The topological polar surface area (TPSA) is 125 Å². The maximum Gasteiger partial charge on any atom is 0.341 e. The summed E-state index contributed by atoms with van der Waals surface area (Å²) in [5, 5.41) is 11.9. The van der Waals surface area contributed by atoms with Gasteiger partial charge >= 0.3 is 5.97 Å². The van der Waals surface area contributed by atoms with Gasteiger partial charge in [0.05, 0.1) is 16.6 Å². The number of piperazine rings is 1. The Morgan fingerprint density at radius 3 is 2.23 bits per heavy atom. The summed E-state index contributed by atoms with van der Waals surface area (Å²) in [7, 11) is -3.68. The van der Waals surface area contributed by atoms with E-state index in [-0.39, 0.29) is 35.4 Å². The van der Waals surface area contributed by atoms with Crippen LogP contribution < -0.4 is 19.7 Å². The molecular formula is C28H31N3O7S. The first kappa shape index (κ1) is 27.9. The average molecular weight is 554 g/mol. The van der Waals surface area contributed by atoms with E-state index in [0.717, 1.165) is 0 Å². The van der Waals surface area contributed by atoms with Gasteiger partial charge in [0, 0.05) is 43.6 Å². The van der Waals surface area contributed by atoms with Gasteiger partial charge in [0.25, 0.3) is 5.91 Å². The van der Waals surface area contributed by atoms with E-state index < -0.39 is 28.5 Å². The van der Waals surface area contributed by atoms with Gasteiger partial charge in [-0.2, -0.15) is 4.31 Å². The van der Waals surface area contributed by atoms with Crippen LogP contribution in [0.1, 0.15) is 24.2 Å². The number of anilines is 2. The summed E-state index contributed by atoms with van der Waals surface area (Å²) in [6.45, 7) is 4.52. The second-order valence-electron chi connectivity index (χ2n) is 9.21. The highest BCUT2D eigenvalue weighted by Gasteiger charge is 2.29. The van der Waals surface area contributed by atoms with Gasteiger partial charge < -0.3 is 24.8 Å². The molecule has 4 rings (SSSR count). The Morgan fingerprint density at radius 1 is 0.949 bits per heavy atom. The van der Waals surface area contributed by atoms with Gasteiger partial charge in [0.2, 0.25) is 10.0 Å². The first-order chi connectivity index (χ1) is 18.6. The van der Waals surface area contributed by atoms with Crippen molar-refractivity contribution < 1.29 is 32.6 Å². The van der Waals surface area contributed by atoms with Crippen LogP contribution in [0.5, 0.6) is 11.5 Å². The number of carbonyl (C=O) groups is 2. The summed E-state index contributed by atoms with van der Waals surface area (Å²) in [5.41, 5.74) is 1.48. The molecule has 0 spiro atoms. The maximum absolute atomic E-state index is 13.2. The Hall–Kier alpha value is -4.09. The summed E-state index contributed by atoms with van der Waals surface area (Å²) in [5.74, 6) is -0.871. The van der Waals surface area contributed by atoms with E-state index in [0.29, 0.717) is 30.2 Å². The first-order valence-corrected chi connectivity index (χ1v) is 13.9. The van der Waals surface area contributed by atoms with Gasteiger partial charge in [-0.15, -0.1) is 0 Å². The zero-order chi connectivity index (χ0) is 28.0. The number of nitrogens with one attached hydrogen (secondary N) is 1. The number of carboxylic acids is 1. The number of para-hydroxylation sites is 1. The van der Waals surface area contributed by atoms with Crippen molar-refractivity contribution in [2.24, 2.45) is 0 Å². The molecule has 1 aliphatic rings. The number of hydrogen-bond acceptors (Lipinski definition) is 7. The lowest BCUT2D eigenvalue weighted by Gasteiger charge is -2.35. The van der Waals surface area contributed by atoms with Crippen LogP contribution in [0.4, 0.5) is 11.4 Å². The zero-order valence-electron chi connectivity index (χ0n) is 21.7. The predicted molar refractivity (Wildman–Crippen MR) is 147 cm³/mol. The molecule has 1 heterocycles. The molecule has 0 atom stereocenters. The van der Waals surface area contributed by atoms with Gasteiger partial charge in [-0.25, -0.2) is 13.2 Å². The molecule has 0 aromatic heterocycles. The Balaban J connectivity index is 1.46. The van der Waals surface area contributed by atoms with E-state index in [4.69, 9.17) is 14.6 Å². The molecule has 11 heteroatoms. The molecule has 3 aromatic carbocycles. The first-order valence-electron chi connectivity index (χ1n) is 12.5. The standard InChI is InChI=1S/C28H31N3O7S/c1-20(2)38-23-9-11-24(12-10-23)39(35,36)31-16-14-30(15-17-31)22-8-13-25(26(18-22)37-19-27(32)33)28(34)29-21-6-4-3-5-7-21/h3-13,18,20H,14-17,19H2,1-2H3,(H,29,34)(H,32,33). The number of sulfonamides is 1. The van der Waals surface area contributed by atoms with E-state index >= 15 is 0 Å². The lowest BCUT2D eigenvalue weighted by Crippen LogP contribution is -2.48. The minimum atomic E-state index is -3.68. The molecule has 1 fully saturated rings. The van der Waals surface area contributed by atoms with Crippen molar-refractivity contribution in [3.05, 3.63) is 78.4 Å². The Labute approximate surface area is 227 Å². The van der Waals surface area contributed by atoms with Crippen molar-refractivity contribution in [3.63, 3.8) is 0 Å². The van der Waals surface area contributed by atoms with Crippen molar-refractivity contribution in [2.45, 2.75) is 24.8 Å². The van der Waals surface area contributed by atoms with Crippen molar-refractivity contribution in [1.82, 2.24) is 4.31 Å². The summed E-state index contributed by atoms with van der Waals surface area (Å²) in [4.78, 5) is 26.2. The highest BCUT2D eigenvalue weighted by atomic mass is 32.2. The minimum absolute atomic E-state index is 0.0112. The largest absolute Gasteiger partial charge is 0.491 e. The van der Waals surface area contributed by atoms with Crippen LogP contribution in [0.25, 0.3) is 0 Å². The summed E-state index contributed by atoms with van der Waals surface area (Å²) < 4.78 is 38.9. The second kappa shape index (κ2) is 12.2. The van der Waals surface area contributed by atoms with E-state index in [1.165, 1.54) is 4.31 Å². The van der Waals surface area contributed by atoms with Gasteiger partial charge in [-0.1, -0.05) is 18.2 Å². The molecule has 2 N–H and O–H groups in total. The summed E-state index contributed by atoms with van der Waals surface area (Å²) in [6.07, 6.45) is -0.0112. The fourth-order valence-corrected chi connectivity index (χ4v) is 5.59. The van der Waals surface area contributed by atoms with Gasteiger partial charge in [0.1, 0.15) is 11.5 Å². The molecule has 10 nitrogen and oxygen atoms in total. The van der Waals surface area contributed by atoms with E-state index in [2.05, 4.69) is 5.32 Å². The van der Waals surface area contributed by atoms with Crippen molar-refractivity contribution >= 4 is 33.3 Å². The number of ether oxygens (including phenoxy) is 2. The van der Waals surface area contributed by atoms with Crippen LogP contribution in [-0.4, -0.2) is 68.6 Å². The van der Waals surface area contributed by atoms with Gasteiger partial charge in [-0.3, -0.25) is 4.79 Å². The van der Waals surface area contributed by atoms with Crippen LogP contribution in [0.3, 0.4) is 0 Å². The third-order valence-corrected chi connectivity index (χ3v) is 7.94. The number of carbonyl (C=O) groups excluding carboxylic acids is 1. The number of amides is 1. The van der Waals surface area contributed by atoms with Crippen molar-refractivity contribution in [3.8, 4) is 11.5 Å². The smallest absolute Gasteiger partial charge is 0.341 e. The highest BCUT2D eigenvalue weighted by Crippen LogP contribution is 2.29. The summed E-state index contributed by atoms with van der Waals surface area (Å²) in [6, 6.07) is 20.2. The number of nitrogens with zero attached hydrogens (tertiary/aromatic N) is 2. The number of hydrogen-bond donors (Lipinski definition) is 2. The number of rotatable bonds is 10. The monoisotopic (exact) mass is 553 g/mol. The molecule has 1 aliphatic heterocycles. The average Bonchev–Trinajstić information content (AvgIpc) is 2.92. The molecule has 1 amide bonds. The Bertz CT molecular complexity index is 1400. The molecule has 0 bridgehead atoms. The van der Waals surface area contributed by atoms with E-state index in [9.17, 15) is 18.0 Å². The third-order valence-electron chi connectivity index (χ3n) is 6.03. The summed E-state index contributed by atoms with van der Waals surface area (Å²) >= 11 is 0. The number of benzene rings is 3. The Kier molecular flexibility index (Phi) is 8.72. The van der Waals surface area contributed by atoms with E-state index in [1.54, 1.807) is 66.7 Å². The molecule has 3 aromatic rings. The van der Waals surface area contributed by atoms with Crippen LogP contribution in [0, 0.1) is 0 Å². The van der Waals surface area contributed by atoms with Crippen LogP contribution in [-0.2, 0) is 14.8 Å². The zero-order valence-corrected chi connectivity index (χ0v) is 22.6. The fraction of sp³-hybridized carbons (Fsp3) is 0.286. The minimum Gasteiger partial charge on any atom is -0.491 e. The lowest BCUT2D eigenvalue weighted by molar-refractivity contribution is -0.139. The SMILES string of the molecule is CC(C)Oc1ccc(S(=O)(=O)N2CCN(c3ccc(C(=O)Nc4ccccc4)c(OCC(=O)O)c3)CC2)cc1. The van der Waals surface area contributed by atoms with Crippen molar-refractivity contribution in [1.29, 1.82) is 0 Å². The molecule has 206 valence electrons. The second-order valence-corrected chi connectivity index (χ2v) is 11.2. The molecule has 0 aliphatic carbocycles.